The molecular weight excluding hydrogens is 216 g/mol. The van der Waals surface area contributed by atoms with Gasteiger partial charge in [-0.3, -0.25) is 0 Å². The minimum atomic E-state index is 0.934. The fourth-order valence-corrected chi connectivity index (χ4v) is 1.63. The molecule has 18 heavy (non-hydrogen) atoms. The molecule has 0 fully saturated rings. The first kappa shape index (κ1) is 12.2. The van der Waals surface area contributed by atoms with Gasteiger partial charge in [0.25, 0.3) is 0 Å². The number of hydrogen-bond donors (Lipinski definition) is 0. The topological polar surface area (TPSA) is 0 Å². The quantitative estimate of drug-likeness (QED) is 0.682. The third-order valence-corrected chi connectivity index (χ3v) is 2.67. The summed E-state index contributed by atoms with van der Waals surface area (Å²) in [6.45, 7) is 2.08. The van der Waals surface area contributed by atoms with Gasteiger partial charge in [0.05, 0.1) is 0 Å². The Hall–Kier alpha value is -2.26. The summed E-state index contributed by atoms with van der Waals surface area (Å²) in [5.41, 5.74) is 3.64. The maximum absolute atomic E-state index is 3.12. The van der Waals surface area contributed by atoms with Crippen molar-refractivity contribution >= 4 is 0 Å². The van der Waals surface area contributed by atoms with E-state index >= 15 is 0 Å². The molecule has 0 aliphatic carbocycles. The highest BCUT2D eigenvalue weighted by Crippen LogP contribution is 2.01. The van der Waals surface area contributed by atoms with Crippen LogP contribution in [0, 0.1) is 18.8 Å². The zero-order valence-electron chi connectivity index (χ0n) is 10.6. The zero-order valence-corrected chi connectivity index (χ0v) is 10.6. The molecule has 0 saturated heterocycles. The summed E-state index contributed by atoms with van der Waals surface area (Å²) in [6.07, 6.45) is 4.95. The molecule has 0 aliphatic heterocycles. The summed E-state index contributed by atoms with van der Waals surface area (Å²) in [5, 5.41) is 0. The maximum atomic E-state index is 3.12. The zero-order chi connectivity index (χ0) is 12.6. The molecular formula is C18H16. The molecule has 0 saturated carbocycles. The van der Waals surface area contributed by atoms with Crippen LogP contribution in [-0.4, -0.2) is 0 Å². The minimum absolute atomic E-state index is 0.934. The van der Waals surface area contributed by atoms with Gasteiger partial charge in [-0.05, 0) is 37.1 Å². The number of aryl methyl sites for hydroxylation is 1. The molecule has 0 heteroatoms. The molecule has 0 unspecified atom stereocenters. The van der Waals surface area contributed by atoms with Crippen molar-refractivity contribution in [3.63, 3.8) is 0 Å². The summed E-state index contributed by atoms with van der Waals surface area (Å²) in [7, 11) is 0. The third kappa shape index (κ3) is 3.96. The van der Waals surface area contributed by atoms with Gasteiger partial charge in [0.15, 0.2) is 0 Å². The van der Waals surface area contributed by atoms with Crippen LogP contribution < -0.4 is 0 Å². The smallest absolute Gasteiger partial charge is 0.0248 e. The molecule has 0 atom stereocenters. The van der Waals surface area contributed by atoms with Gasteiger partial charge in [-0.2, -0.15) is 0 Å². The lowest BCUT2D eigenvalue weighted by Gasteiger charge is -1.92. The number of rotatable bonds is 2. The Kier molecular flexibility index (Phi) is 4.39. The second kappa shape index (κ2) is 6.47. The lowest BCUT2D eigenvalue weighted by atomic mass is 10.1. The second-order valence-corrected chi connectivity index (χ2v) is 4.23. The Morgan fingerprint density at radius 3 is 2.39 bits per heavy atom. The largest absolute Gasteiger partial charge is 0.0717 e. The molecule has 0 spiro atoms. The minimum Gasteiger partial charge on any atom is -0.0717 e. The number of hydrogen-bond acceptors (Lipinski definition) is 0. The van der Waals surface area contributed by atoms with Crippen LogP contribution >= 0.6 is 0 Å². The molecule has 0 aliphatic rings. The highest BCUT2D eigenvalue weighted by molar-refractivity contribution is 5.38. The summed E-state index contributed by atoms with van der Waals surface area (Å²) in [6, 6.07) is 18.7. The van der Waals surface area contributed by atoms with Crippen molar-refractivity contribution in [3.8, 4) is 11.8 Å². The Bertz CT molecular complexity index is 563. The Balaban J connectivity index is 1.90. The average molecular weight is 232 g/mol. The molecule has 0 nitrogen and oxygen atoms in total. The Labute approximate surface area is 109 Å². The first-order valence-corrected chi connectivity index (χ1v) is 6.12. The molecule has 0 heterocycles. The lowest BCUT2D eigenvalue weighted by Crippen LogP contribution is -1.77. The van der Waals surface area contributed by atoms with Crippen molar-refractivity contribution in [2.24, 2.45) is 0 Å². The van der Waals surface area contributed by atoms with Gasteiger partial charge < -0.3 is 0 Å². The highest BCUT2D eigenvalue weighted by atomic mass is 13.9. The molecule has 0 aromatic heterocycles. The van der Waals surface area contributed by atoms with Gasteiger partial charge in [0.1, 0.15) is 0 Å². The van der Waals surface area contributed by atoms with E-state index in [-0.39, 0.29) is 0 Å². The summed E-state index contributed by atoms with van der Waals surface area (Å²) in [4.78, 5) is 0. The van der Waals surface area contributed by atoms with E-state index in [1.165, 1.54) is 11.1 Å². The van der Waals surface area contributed by atoms with E-state index in [1.54, 1.807) is 0 Å². The van der Waals surface area contributed by atoms with E-state index < -0.39 is 0 Å². The van der Waals surface area contributed by atoms with Crippen molar-refractivity contribution in [2.45, 2.75) is 13.3 Å². The summed E-state index contributed by atoms with van der Waals surface area (Å²) in [5.74, 6) is 6.18. The molecule has 0 N–H and O–H groups in total. The molecule has 2 rings (SSSR count). The van der Waals surface area contributed by atoms with Crippen LogP contribution in [-0.2, 0) is 6.42 Å². The van der Waals surface area contributed by atoms with Crippen LogP contribution in [0.5, 0.6) is 0 Å². The molecule has 88 valence electrons. The first-order valence-electron chi connectivity index (χ1n) is 6.12. The molecule has 2 aromatic rings. The van der Waals surface area contributed by atoms with Crippen molar-refractivity contribution in [1.29, 1.82) is 0 Å². The van der Waals surface area contributed by atoms with E-state index in [4.69, 9.17) is 0 Å². The van der Waals surface area contributed by atoms with E-state index in [9.17, 15) is 0 Å². The predicted octanol–water partition coefficient (Wildman–Crippen LogP) is 4.15. The van der Waals surface area contributed by atoms with Crippen LogP contribution in [0.15, 0.2) is 66.7 Å². The highest BCUT2D eigenvalue weighted by Gasteiger charge is 1.85. The predicted molar refractivity (Wildman–Crippen MR) is 77.3 cm³/mol. The molecule has 2 aromatic carbocycles. The van der Waals surface area contributed by atoms with E-state index in [1.807, 2.05) is 24.3 Å². The third-order valence-electron chi connectivity index (χ3n) is 2.67. The Morgan fingerprint density at radius 1 is 0.944 bits per heavy atom. The normalized spacial score (nSPS) is 10.1. The lowest BCUT2D eigenvalue weighted by molar-refractivity contribution is 1.27. The van der Waals surface area contributed by atoms with Crippen LogP contribution in [0.25, 0.3) is 0 Å². The maximum Gasteiger partial charge on any atom is 0.0248 e. The summed E-state index contributed by atoms with van der Waals surface area (Å²) >= 11 is 0. The van der Waals surface area contributed by atoms with Gasteiger partial charge in [-0.1, -0.05) is 65.9 Å². The number of benzene rings is 2. The van der Waals surface area contributed by atoms with Crippen molar-refractivity contribution in [2.75, 3.05) is 0 Å². The van der Waals surface area contributed by atoms with Gasteiger partial charge in [0, 0.05) is 5.56 Å². The standard InChI is InChI=1S/C18H16/c1-16-12-14-18(15-13-16)11-7-3-6-10-17-8-4-2-5-9-17/h2-6,8-9,12-15H,10H2,1H3/b6-3-. The van der Waals surface area contributed by atoms with Crippen LogP contribution in [0.2, 0.25) is 0 Å². The monoisotopic (exact) mass is 232 g/mol. The fraction of sp³-hybridized carbons (Fsp3) is 0.111. The van der Waals surface area contributed by atoms with Gasteiger partial charge in [-0.25, -0.2) is 0 Å². The van der Waals surface area contributed by atoms with Crippen LogP contribution in [0.1, 0.15) is 16.7 Å². The first-order chi connectivity index (χ1) is 8.84. The average Bonchev–Trinajstić information content (AvgIpc) is 2.42. The molecule has 0 amide bonds. The SMILES string of the molecule is Cc1ccc(C#C/C=C\Cc2ccccc2)cc1. The second-order valence-electron chi connectivity index (χ2n) is 4.23. The van der Waals surface area contributed by atoms with Gasteiger partial charge >= 0.3 is 0 Å². The van der Waals surface area contributed by atoms with E-state index in [0.717, 1.165) is 12.0 Å². The van der Waals surface area contributed by atoms with E-state index in [2.05, 4.69) is 61.2 Å². The van der Waals surface area contributed by atoms with Crippen LogP contribution in [0.3, 0.4) is 0 Å². The van der Waals surface area contributed by atoms with Gasteiger partial charge in [0.2, 0.25) is 0 Å². The van der Waals surface area contributed by atoms with Gasteiger partial charge in [-0.15, -0.1) is 0 Å². The van der Waals surface area contributed by atoms with Crippen molar-refractivity contribution in [3.05, 3.63) is 83.4 Å². The number of allylic oxidation sites excluding steroid dienone is 2. The molecule has 0 radical (unpaired) electrons. The van der Waals surface area contributed by atoms with E-state index in [0.29, 0.717) is 0 Å². The van der Waals surface area contributed by atoms with Crippen LogP contribution in [0.4, 0.5) is 0 Å². The summed E-state index contributed by atoms with van der Waals surface area (Å²) < 4.78 is 0. The van der Waals surface area contributed by atoms with Crippen molar-refractivity contribution < 1.29 is 0 Å². The fourth-order valence-electron chi connectivity index (χ4n) is 1.63. The van der Waals surface area contributed by atoms with Crippen molar-refractivity contribution in [1.82, 2.24) is 0 Å². The molecule has 0 bridgehead atoms. The Morgan fingerprint density at radius 2 is 1.67 bits per heavy atom.